The Morgan fingerprint density at radius 1 is 1.21 bits per heavy atom. The Bertz CT molecular complexity index is 570. The minimum absolute atomic E-state index is 0.832. The Balaban J connectivity index is 1.93. The molecule has 1 saturated heterocycles. The molecule has 3 rings (SSSR count). The maximum atomic E-state index is 5.90. The van der Waals surface area contributed by atoms with Crippen LogP contribution in [0.2, 0.25) is 0 Å². The van der Waals surface area contributed by atoms with Crippen LogP contribution in [0.3, 0.4) is 0 Å². The minimum atomic E-state index is 0.832. The summed E-state index contributed by atoms with van der Waals surface area (Å²) in [5, 5.41) is 1.28. The summed E-state index contributed by atoms with van der Waals surface area (Å²) in [5.74, 6) is 0. The lowest BCUT2D eigenvalue weighted by Gasteiger charge is -2.26. The van der Waals surface area contributed by atoms with E-state index in [2.05, 4.69) is 34.6 Å². The number of rotatable bonds is 3. The van der Waals surface area contributed by atoms with E-state index in [1.165, 1.54) is 16.6 Å². The van der Waals surface area contributed by atoms with E-state index in [4.69, 9.17) is 10.5 Å². The van der Waals surface area contributed by atoms with Gasteiger partial charge in [-0.3, -0.25) is 4.90 Å². The Kier molecular flexibility index (Phi) is 3.44. The first-order chi connectivity index (χ1) is 9.28. The molecule has 1 aromatic heterocycles. The Hall–Kier alpha value is -1.52. The van der Waals surface area contributed by atoms with Gasteiger partial charge in [0.1, 0.15) is 0 Å². The number of hydrogen-bond donors (Lipinski definition) is 1. The molecule has 0 spiro atoms. The molecule has 0 aliphatic carbocycles. The van der Waals surface area contributed by atoms with Gasteiger partial charge in [-0.15, -0.1) is 0 Å². The predicted molar refractivity (Wildman–Crippen MR) is 78.1 cm³/mol. The summed E-state index contributed by atoms with van der Waals surface area (Å²) in [6.07, 6.45) is 0. The van der Waals surface area contributed by atoms with Gasteiger partial charge in [-0.2, -0.15) is 0 Å². The average molecular weight is 259 g/mol. The van der Waals surface area contributed by atoms with Crippen LogP contribution in [0.4, 0.5) is 5.69 Å². The van der Waals surface area contributed by atoms with Crippen molar-refractivity contribution in [1.29, 1.82) is 0 Å². The molecule has 0 saturated carbocycles. The Labute approximate surface area is 113 Å². The molecule has 0 atom stereocenters. The molecule has 4 nitrogen and oxygen atoms in total. The summed E-state index contributed by atoms with van der Waals surface area (Å²) in [6, 6.07) is 8.44. The van der Waals surface area contributed by atoms with E-state index in [9.17, 15) is 0 Å². The van der Waals surface area contributed by atoms with Gasteiger partial charge in [0.2, 0.25) is 0 Å². The summed E-state index contributed by atoms with van der Waals surface area (Å²) >= 11 is 0. The van der Waals surface area contributed by atoms with Crippen LogP contribution >= 0.6 is 0 Å². The molecular formula is C15H21N3O. The van der Waals surface area contributed by atoms with Crippen LogP contribution in [-0.2, 0) is 17.8 Å². The topological polar surface area (TPSA) is 43.4 Å². The summed E-state index contributed by atoms with van der Waals surface area (Å²) in [4.78, 5) is 2.45. The SMILES string of the molecule is CCn1c(CN2CCOCC2)cc2ccc(N)cc21. The van der Waals surface area contributed by atoms with Crippen molar-refractivity contribution in [3.63, 3.8) is 0 Å². The Morgan fingerprint density at radius 2 is 2.00 bits per heavy atom. The quantitative estimate of drug-likeness (QED) is 0.858. The summed E-state index contributed by atoms with van der Waals surface area (Å²) in [6.45, 7) is 7.89. The molecule has 0 unspecified atom stereocenters. The summed E-state index contributed by atoms with van der Waals surface area (Å²) in [5.41, 5.74) is 9.34. The molecule has 102 valence electrons. The zero-order chi connectivity index (χ0) is 13.2. The van der Waals surface area contributed by atoms with Gasteiger partial charge in [-0.25, -0.2) is 0 Å². The number of hydrogen-bond acceptors (Lipinski definition) is 3. The van der Waals surface area contributed by atoms with Crippen LogP contribution < -0.4 is 5.73 Å². The number of aryl methyl sites for hydroxylation is 1. The van der Waals surface area contributed by atoms with Crippen molar-refractivity contribution in [3.05, 3.63) is 30.0 Å². The third kappa shape index (κ3) is 2.46. The van der Waals surface area contributed by atoms with Gasteiger partial charge in [-0.05, 0) is 25.1 Å². The van der Waals surface area contributed by atoms with Crippen molar-refractivity contribution < 1.29 is 4.74 Å². The van der Waals surface area contributed by atoms with Crippen molar-refractivity contribution in [2.45, 2.75) is 20.0 Å². The zero-order valence-electron chi connectivity index (χ0n) is 11.4. The monoisotopic (exact) mass is 259 g/mol. The number of anilines is 1. The second kappa shape index (κ2) is 5.23. The number of morpholine rings is 1. The largest absolute Gasteiger partial charge is 0.399 e. The average Bonchev–Trinajstić information content (AvgIpc) is 2.76. The minimum Gasteiger partial charge on any atom is -0.399 e. The number of fused-ring (bicyclic) bond motifs is 1. The lowest BCUT2D eigenvalue weighted by molar-refractivity contribution is 0.0332. The molecule has 1 aliphatic rings. The predicted octanol–water partition coefficient (Wildman–Crippen LogP) is 2.08. The lowest BCUT2D eigenvalue weighted by Crippen LogP contribution is -2.36. The molecule has 1 fully saturated rings. The van der Waals surface area contributed by atoms with Crippen molar-refractivity contribution >= 4 is 16.6 Å². The van der Waals surface area contributed by atoms with E-state index >= 15 is 0 Å². The van der Waals surface area contributed by atoms with E-state index in [1.54, 1.807) is 0 Å². The number of benzene rings is 1. The molecule has 0 radical (unpaired) electrons. The molecule has 1 aromatic carbocycles. The highest BCUT2D eigenvalue weighted by atomic mass is 16.5. The van der Waals surface area contributed by atoms with Gasteiger partial charge in [-0.1, -0.05) is 6.07 Å². The van der Waals surface area contributed by atoms with Crippen LogP contribution in [0.1, 0.15) is 12.6 Å². The second-order valence-electron chi connectivity index (χ2n) is 5.09. The van der Waals surface area contributed by atoms with E-state index < -0.39 is 0 Å². The molecule has 2 aromatic rings. The van der Waals surface area contributed by atoms with Crippen molar-refractivity contribution in [1.82, 2.24) is 9.47 Å². The van der Waals surface area contributed by atoms with Crippen molar-refractivity contribution in [2.24, 2.45) is 0 Å². The maximum absolute atomic E-state index is 5.90. The molecule has 2 N–H and O–H groups in total. The second-order valence-corrected chi connectivity index (χ2v) is 5.09. The van der Waals surface area contributed by atoms with Crippen molar-refractivity contribution in [2.75, 3.05) is 32.0 Å². The van der Waals surface area contributed by atoms with E-state index in [0.29, 0.717) is 0 Å². The maximum Gasteiger partial charge on any atom is 0.0594 e. The highest BCUT2D eigenvalue weighted by Gasteiger charge is 2.14. The van der Waals surface area contributed by atoms with E-state index in [1.807, 2.05) is 6.07 Å². The lowest BCUT2D eigenvalue weighted by atomic mass is 10.2. The molecule has 19 heavy (non-hydrogen) atoms. The van der Waals surface area contributed by atoms with Gasteiger partial charge in [0, 0.05) is 42.9 Å². The number of aromatic nitrogens is 1. The fourth-order valence-electron chi connectivity index (χ4n) is 2.82. The highest BCUT2D eigenvalue weighted by Crippen LogP contribution is 2.23. The highest BCUT2D eigenvalue weighted by molar-refractivity contribution is 5.84. The molecule has 4 heteroatoms. The first-order valence-corrected chi connectivity index (χ1v) is 6.95. The van der Waals surface area contributed by atoms with E-state index in [0.717, 1.165) is 45.1 Å². The summed E-state index contributed by atoms with van der Waals surface area (Å²) < 4.78 is 7.77. The van der Waals surface area contributed by atoms with Gasteiger partial charge in [0.05, 0.1) is 18.7 Å². The van der Waals surface area contributed by atoms with Gasteiger partial charge < -0.3 is 15.0 Å². The first kappa shape index (κ1) is 12.5. The fourth-order valence-corrected chi connectivity index (χ4v) is 2.82. The molecule has 0 bridgehead atoms. The smallest absolute Gasteiger partial charge is 0.0594 e. The van der Waals surface area contributed by atoms with Crippen LogP contribution in [0.25, 0.3) is 10.9 Å². The number of nitrogens with zero attached hydrogens (tertiary/aromatic N) is 2. The standard InChI is InChI=1S/C15H21N3O/c1-2-18-14(11-17-5-7-19-8-6-17)9-12-3-4-13(16)10-15(12)18/h3-4,9-10H,2,5-8,11,16H2,1H3. The molecule has 0 amide bonds. The van der Waals surface area contributed by atoms with Gasteiger partial charge in [0.25, 0.3) is 0 Å². The number of nitrogen functional groups attached to an aromatic ring is 1. The van der Waals surface area contributed by atoms with Gasteiger partial charge >= 0.3 is 0 Å². The molecule has 2 heterocycles. The van der Waals surface area contributed by atoms with Crippen LogP contribution in [0.5, 0.6) is 0 Å². The number of nitrogens with two attached hydrogens (primary N) is 1. The zero-order valence-corrected chi connectivity index (χ0v) is 11.4. The fraction of sp³-hybridized carbons (Fsp3) is 0.467. The molecule has 1 aliphatic heterocycles. The normalized spacial score (nSPS) is 17.1. The molecular weight excluding hydrogens is 238 g/mol. The summed E-state index contributed by atoms with van der Waals surface area (Å²) in [7, 11) is 0. The van der Waals surface area contributed by atoms with Crippen LogP contribution in [0, 0.1) is 0 Å². The first-order valence-electron chi connectivity index (χ1n) is 6.95. The third-order valence-electron chi connectivity index (χ3n) is 3.82. The van der Waals surface area contributed by atoms with Crippen LogP contribution in [0.15, 0.2) is 24.3 Å². The Morgan fingerprint density at radius 3 is 2.74 bits per heavy atom. The number of ether oxygens (including phenoxy) is 1. The van der Waals surface area contributed by atoms with Gasteiger partial charge in [0.15, 0.2) is 0 Å². The van der Waals surface area contributed by atoms with E-state index in [-0.39, 0.29) is 0 Å². The third-order valence-corrected chi connectivity index (χ3v) is 3.82. The van der Waals surface area contributed by atoms with Crippen LogP contribution in [-0.4, -0.2) is 35.8 Å². The van der Waals surface area contributed by atoms with Crippen molar-refractivity contribution in [3.8, 4) is 0 Å².